The summed E-state index contributed by atoms with van der Waals surface area (Å²) < 4.78 is 4.96. The van der Waals surface area contributed by atoms with Gasteiger partial charge in [-0.1, -0.05) is 36.9 Å². The maximum absolute atomic E-state index is 11.2. The molecular formula is C11H15N3O2. The minimum atomic E-state index is -0.500. The van der Waals surface area contributed by atoms with Gasteiger partial charge >= 0.3 is 6.09 Å². The van der Waals surface area contributed by atoms with E-state index in [-0.39, 0.29) is 13.2 Å². The number of hydrogen-bond acceptors (Lipinski definition) is 4. The zero-order valence-corrected chi connectivity index (χ0v) is 8.90. The van der Waals surface area contributed by atoms with Crippen LogP contribution in [0.3, 0.4) is 0 Å². The van der Waals surface area contributed by atoms with Crippen LogP contribution in [-0.2, 0) is 11.3 Å². The highest BCUT2D eigenvalue weighted by Gasteiger charge is 2.01. The summed E-state index contributed by atoms with van der Waals surface area (Å²) in [5.74, 6) is 5.08. The summed E-state index contributed by atoms with van der Waals surface area (Å²) in [5.41, 5.74) is 3.78. The van der Waals surface area contributed by atoms with E-state index in [1.807, 2.05) is 30.3 Å². The Bertz CT molecular complexity index is 352. The van der Waals surface area contributed by atoms with Gasteiger partial charge in [0.2, 0.25) is 0 Å². The Morgan fingerprint density at radius 1 is 1.38 bits per heavy atom. The van der Waals surface area contributed by atoms with Crippen LogP contribution in [0.4, 0.5) is 4.79 Å². The largest absolute Gasteiger partial charge is 0.445 e. The number of nitrogens with two attached hydrogens (primary N) is 1. The molecule has 0 saturated heterocycles. The zero-order valence-electron chi connectivity index (χ0n) is 8.90. The van der Waals surface area contributed by atoms with E-state index in [9.17, 15) is 4.79 Å². The molecule has 0 fully saturated rings. The van der Waals surface area contributed by atoms with Crippen molar-refractivity contribution in [2.75, 3.05) is 6.54 Å². The Labute approximate surface area is 94.3 Å². The van der Waals surface area contributed by atoms with Crippen LogP contribution in [0.1, 0.15) is 5.56 Å². The average molecular weight is 221 g/mol. The Morgan fingerprint density at radius 2 is 2.06 bits per heavy atom. The predicted molar refractivity (Wildman–Crippen MR) is 61.1 cm³/mol. The first-order chi connectivity index (χ1) is 7.72. The molecule has 0 atom stereocenters. The van der Waals surface area contributed by atoms with Crippen molar-refractivity contribution in [2.24, 2.45) is 5.84 Å². The van der Waals surface area contributed by atoms with Gasteiger partial charge in [-0.05, 0) is 5.56 Å². The van der Waals surface area contributed by atoms with Gasteiger partial charge in [-0.25, -0.2) is 4.79 Å². The van der Waals surface area contributed by atoms with Crippen LogP contribution >= 0.6 is 0 Å². The van der Waals surface area contributed by atoms with Crippen molar-refractivity contribution in [3.63, 3.8) is 0 Å². The SMILES string of the molecule is C=C(CNC(=O)OCc1ccccc1)NN. The van der Waals surface area contributed by atoms with Crippen molar-refractivity contribution in [2.45, 2.75) is 6.61 Å². The fourth-order valence-electron chi connectivity index (χ4n) is 1.00. The molecule has 1 rings (SSSR count). The molecule has 0 aliphatic rings. The van der Waals surface area contributed by atoms with Crippen molar-refractivity contribution in [1.29, 1.82) is 0 Å². The lowest BCUT2D eigenvalue weighted by Crippen LogP contribution is -2.32. The fraction of sp³-hybridized carbons (Fsp3) is 0.182. The van der Waals surface area contributed by atoms with Crippen molar-refractivity contribution in [1.82, 2.24) is 10.7 Å². The van der Waals surface area contributed by atoms with E-state index in [1.54, 1.807) is 0 Å². The second-order valence-corrected chi connectivity index (χ2v) is 3.16. The summed E-state index contributed by atoms with van der Waals surface area (Å²) >= 11 is 0. The number of hydrazine groups is 1. The molecule has 1 aromatic rings. The number of rotatable bonds is 5. The molecule has 0 saturated carbocycles. The van der Waals surface area contributed by atoms with Crippen LogP contribution in [0.2, 0.25) is 0 Å². The van der Waals surface area contributed by atoms with Gasteiger partial charge in [-0.2, -0.15) is 0 Å². The Hall–Kier alpha value is -2.01. The predicted octanol–water partition coefficient (Wildman–Crippen LogP) is 0.890. The summed E-state index contributed by atoms with van der Waals surface area (Å²) in [6.07, 6.45) is -0.500. The van der Waals surface area contributed by atoms with E-state index in [1.165, 1.54) is 0 Å². The fourth-order valence-corrected chi connectivity index (χ4v) is 1.00. The van der Waals surface area contributed by atoms with Crippen molar-refractivity contribution in [3.05, 3.63) is 48.2 Å². The highest BCUT2D eigenvalue weighted by molar-refractivity contribution is 5.67. The third-order valence-corrected chi connectivity index (χ3v) is 1.86. The molecule has 0 radical (unpaired) electrons. The Kier molecular flexibility index (Phi) is 4.88. The number of benzene rings is 1. The number of carbonyl (C=O) groups excluding carboxylic acids is 1. The molecule has 0 aliphatic heterocycles. The summed E-state index contributed by atoms with van der Waals surface area (Å²) in [6, 6.07) is 9.44. The molecule has 0 heterocycles. The van der Waals surface area contributed by atoms with Gasteiger partial charge in [0, 0.05) is 5.70 Å². The molecule has 0 bridgehead atoms. The first-order valence-electron chi connectivity index (χ1n) is 4.81. The Balaban J connectivity index is 2.23. The summed E-state index contributed by atoms with van der Waals surface area (Å²) in [7, 11) is 0. The lowest BCUT2D eigenvalue weighted by atomic mass is 10.2. The van der Waals surface area contributed by atoms with Crippen molar-refractivity contribution in [3.8, 4) is 0 Å². The molecule has 1 aromatic carbocycles. The smallest absolute Gasteiger partial charge is 0.407 e. The summed E-state index contributed by atoms with van der Waals surface area (Å²) in [4.78, 5) is 11.2. The standard InChI is InChI=1S/C11H15N3O2/c1-9(14-12)7-13-11(15)16-8-10-5-3-2-4-6-10/h2-6,14H,1,7-8,12H2,(H,13,15). The average Bonchev–Trinajstić information content (AvgIpc) is 2.34. The van der Waals surface area contributed by atoms with Crippen LogP contribution in [-0.4, -0.2) is 12.6 Å². The van der Waals surface area contributed by atoms with Gasteiger partial charge in [-0.3, -0.25) is 5.84 Å². The van der Waals surface area contributed by atoms with Crippen LogP contribution in [0.25, 0.3) is 0 Å². The molecule has 0 unspecified atom stereocenters. The van der Waals surface area contributed by atoms with E-state index in [4.69, 9.17) is 10.6 Å². The monoisotopic (exact) mass is 221 g/mol. The number of ether oxygens (including phenoxy) is 1. The number of amides is 1. The normalized spacial score (nSPS) is 9.31. The third-order valence-electron chi connectivity index (χ3n) is 1.86. The second kappa shape index (κ2) is 6.47. The minimum Gasteiger partial charge on any atom is -0.445 e. The minimum absolute atomic E-state index is 0.240. The number of nitrogens with one attached hydrogen (secondary N) is 2. The Morgan fingerprint density at radius 3 is 2.69 bits per heavy atom. The van der Waals surface area contributed by atoms with Gasteiger partial charge < -0.3 is 15.5 Å². The maximum atomic E-state index is 11.2. The van der Waals surface area contributed by atoms with Crippen LogP contribution in [0.5, 0.6) is 0 Å². The highest BCUT2D eigenvalue weighted by Crippen LogP contribution is 2.00. The van der Waals surface area contributed by atoms with Gasteiger partial charge in [0.25, 0.3) is 0 Å². The first kappa shape index (κ1) is 12.1. The lowest BCUT2D eigenvalue weighted by Gasteiger charge is -2.08. The van der Waals surface area contributed by atoms with Crippen LogP contribution in [0.15, 0.2) is 42.6 Å². The topological polar surface area (TPSA) is 76.4 Å². The maximum Gasteiger partial charge on any atom is 0.407 e. The third kappa shape index (κ3) is 4.47. The van der Waals surface area contributed by atoms with E-state index in [2.05, 4.69) is 17.3 Å². The number of alkyl carbamates (subject to hydrolysis) is 1. The van der Waals surface area contributed by atoms with Crippen LogP contribution < -0.4 is 16.6 Å². The number of carbonyl (C=O) groups is 1. The van der Waals surface area contributed by atoms with E-state index >= 15 is 0 Å². The van der Waals surface area contributed by atoms with Gasteiger partial charge in [0.15, 0.2) is 0 Å². The quantitative estimate of drug-likeness (QED) is 0.510. The second-order valence-electron chi connectivity index (χ2n) is 3.16. The molecule has 5 nitrogen and oxygen atoms in total. The van der Waals surface area contributed by atoms with E-state index < -0.39 is 6.09 Å². The summed E-state index contributed by atoms with van der Waals surface area (Å²) in [6.45, 7) is 4.04. The van der Waals surface area contributed by atoms with E-state index in [0.29, 0.717) is 5.70 Å². The van der Waals surface area contributed by atoms with Gasteiger partial charge in [-0.15, -0.1) is 0 Å². The molecular weight excluding hydrogens is 206 g/mol. The molecule has 0 aliphatic carbocycles. The molecule has 16 heavy (non-hydrogen) atoms. The molecule has 4 N–H and O–H groups in total. The van der Waals surface area contributed by atoms with E-state index in [0.717, 1.165) is 5.56 Å². The molecule has 0 aromatic heterocycles. The lowest BCUT2D eigenvalue weighted by molar-refractivity contribution is 0.140. The van der Waals surface area contributed by atoms with Gasteiger partial charge in [0.05, 0.1) is 6.54 Å². The molecule has 5 heteroatoms. The number of hydrogen-bond donors (Lipinski definition) is 3. The molecule has 0 spiro atoms. The van der Waals surface area contributed by atoms with Crippen molar-refractivity contribution < 1.29 is 9.53 Å². The van der Waals surface area contributed by atoms with Crippen LogP contribution in [0, 0.1) is 0 Å². The van der Waals surface area contributed by atoms with Gasteiger partial charge in [0.1, 0.15) is 6.61 Å². The first-order valence-corrected chi connectivity index (χ1v) is 4.81. The summed E-state index contributed by atoms with van der Waals surface area (Å²) in [5, 5.41) is 2.50. The highest BCUT2D eigenvalue weighted by atomic mass is 16.5. The van der Waals surface area contributed by atoms with Crippen molar-refractivity contribution >= 4 is 6.09 Å². The molecule has 1 amide bonds. The molecule has 86 valence electrons. The zero-order chi connectivity index (χ0) is 11.8.